The highest BCUT2D eigenvalue weighted by molar-refractivity contribution is 5.94. The first-order chi connectivity index (χ1) is 10.7. The Morgan fingerprint density at radius 3 is 2.50 bits per heavy atom. The lowest BCUT2D eigenvalue weighted by atomic mass is 9.99. The molecule has 1 aliphatic rings. The van der Waals surface area contributed by atoms with Gasteiger partial charge in [-0.3, -0.25) is 4.79 Å². The maximum absolute atomic E-state index is 12.4. The molecule has 0 spiro atoms. The number of amides is 1. The van der Waals surface area contributed by atoms with E-state index in [-0.39, 0.29) is 5.91 Å². The first kappa shape index (κ1) is 14.6. The van der Waals surface area contributed by atoms with Crippen molar-refractivity contribution in [2.45, 2.75) is 19.8 Å². The minimum atomic E-state index is 0.0608. The van der Waals surface area contributed by atoms with E-state index in [2.05, 4.69) is 11.9 Å². The summed E-state index contributed by atoms with van der Waals surface area (Å²) in [6.45, 7) is 3.91. The molecule has 4 nitrogen and oxygen atoms in total. The number of carbonyl (C=O) groups is 1. The number of carbonyl (C=O) groups excluding carboxylic acids is 1. The maximum Gasteiger partial charge on any atom is 0.255 e. The summed E-state index contributed by atoms with van der Waals surface area (Å²) in [6.07, 6.45) is 3.75. The first-order valence-electron chi connectivity index (χ1n) is 7.70. The molecule has 1 aromatic heterocycles. The van der Waals surface area contributed by atoms with Crippen molar-refractivity contribution in [3.8, 4) is 11.6 Å². The molecular weight excluding hydrogens is 276 g/mol. The average molecular weight is 296 g/mol. The fraction of sp³-hybridized carbons (Fsp3) is 0.333. The topological polar surface area (TPSA) is 42.4 Å². The van der Waals surface area contributed by atoms with Gasteiger partial charge in [0.1, 0.15) is 5.75 Å². The van der Waals surface area contributed by atoms with Crippen molar-refractivity contribution < 1.29 is 9.53 Å². The first-order valence-corrected chi connectivity index (χ1v) is 7.70. The van der Waals surface area contributed by atoms with E-state index in [1.54, 1.807) is 18.3 Å². The van der Waals surface area contributed by atoms with Crippen molar-refractivity contribution in [2.75, 3.05) is 13.1 Å². The van der Waals surface area contributed by atoms with Crippen LogP contribution in [-0.2, 0) is 0 Å². The summed E-state index contributed by atoms with van der Waals surface area (Å²) in [7, 11) is 0. The summed E-state index contributed by atoms with van der Waals surface area (Å²) in [5, 5.41) is 0. The van der Waals surface area contributed by atoms with Gasteiger partial charge in [-0.25, -0.2) is 4.98 Å². The second-order valence-electron chi connectivity index (χ2n) is 5.77. The van der Waals surface area contributed by atoms with Crippen molar-refractivity contribution in [3.63, 3.8) is 0 Å². The van der Waals surface area contributed by atoms with E-state index in [4.69, 9.17) is 4.74 Å². The molecule has 0 saturated carbocycles. The number of rotatable bonds is 3. The summed E-state index contributed by atoms with van der Waals surface area (Å²) in [5.74, 6) is 2.00. The molecule has 1 amide bonds. The van der Waals surface area contributed by atoms with Gasteiger partial charge in [0, 0.05) is 25.4 Å². The highest BCUT2D eigenvalue weighted by Crippen LogP contribution is 2.21. The van der Waals surface area contributed by atoms with Crippen LogP contribution in [0, 0.1) is 5.92 Å². The van der Waals surface area contributed by atoms with Crippen LogP contribution < -0.4 is 4.74 Å². The van der Waals surface area contributed by atoms with Gasteiger partial charge in [0.05, 0.1) is 5.56 Å². The highest BCUT2D eigenvalue weighted by Gasteiger charge is 2.21. The molecule has 1 saturated heterocycles. The second kappa shape index (κ2) is 6.60. The lowest BCUT2D eigenvalue weighted by Gasteiger charge is -2.30. The zero-order valence-corrected chi connectivity index (χ0v) is 12.7. The molecule has 1 aliphatic heterocycles. The van der Waals surface area contributed by atoms with Crippen LogP contribution in [0.2, 0.25) is 0 Å². The number of aromatic nitrogens is 1. The lowest BCUT2D eigenvalue weighted by molar-refractivity contribution is 0.0697. The molecule has 0 bridgehead atoms. The summed E-state index contributed by atoms with van der Waals surface area (Å²) >= 11 is 0. The van der Waals surface area contributed by atoms with Gasteiger partial charge in [-0.15, -0.1) is 0 Å². The normalized spacial score (nSPS) is 15.6. The summed E-state index contributed by atoms with van der Waals surface area (Å²) in [5.41, 5.74) is 0.620. The van der Waals surface area contributed by atoms with E-state index in [0.29, 0.717) is 17.4 Å². The van der Waals surface area contributed by atoms with Crippen LogP contribution in [0.3, 0.4) is 0 Å². The van der Waals surface area contributed by atoms with Crippen molar-refractivity contribution in [1.29, 1.82) is 0 Å². The van der Waals surface area contributed by atoms with Crippen molar-refractivity contribution in [2.24, 2.45) is 5.92 Å². The smallest absolute Gasteiger partial charge is 0.255 e. The molecule has 0 aliphatic carbocycles. The monoisotopic (exact) mass is 296 g/mol. The van der Waals surface area contributed by atoms with Crippen LogP contribution in [0.5, 0.6) is 11.6 Å². The van der Waals surface area contributed by atoms with Gasteiger partial charge >= 0.3 is 0 Å². The molecule has 22 heavy (non-hydrogen) atoms. The van der Waals surface area contributed by atoms with Crippen LogP contribution in [0.1, 0.15) is 30.1 Å². The molecule has 114 valence electrons. The van der Waals surface area contributed by atoms with Gasteiger partial charge in [0.15, 0.2) is 0 Å². The van der Waals surface area contributed by atoms with E-state index in [1.165, 1.54) is 0 Å². The number of ether oxygens (including phenoxy) is 1. The highest BCUT2D eigenvalue weighted by atomic mass is 16.5. The Hall–Kier alpha value is -2.36. The Balaban J connectivity index is 1.65. The third-order valence-corrected chi connectivity index (χ3v) is 4.02. The molecule has 0 atom stereocenters. The van der Waals surface area contributed by atoms with Crippen LogP contribution in [0.15, 0.2) is 48.7 Å². The van der Waals surface area contributed by atoms with Gasteiger partial charge < -0.3 is 9.64 Å². The van der Waals surface area contributed by atoms with Gasteiger partial charge in [-0.2, -0.15) is 0 Å². The molecule has 1 aromatic carbocycles. The van der Waals surface area contributed by atoms with E-state index >= 15 is 0 Å². The Bertz CT molecular complexity index is 617. The van der Waals surface area contributed by atoms with E-state index in [1.807, 2.05) is 35.2 Å². The van der Waals surface area contributed by atoms with Gasteiger partial charge in [-0.1, -0.05) is 25.1 Å². The SMILES string of the molecule is CC1CCN(C(=O)c2ccc(Oc3ccccc3)nc2)CC1. The number of likely N-dealkylation sites (tertiary alicyclic amines) is 1. The fourth-order valence-electron chi connectivity index (χ4n) is 2.57. The summed E-state index contributed by atoms with van der Waals surface area (Å²) < 4.78 is 5.64. The van der Waals surface area contributed by atoms with Crippen molar-refractivity contribution in [3.05, 3.63) is 54.2 Å². The third-order valence-electron chi connectivity index (χ3n) is 4.02. The number of nitrogens with zero attached hydrogens (tertiary/aromatic N) is 2. The molecule has 4 heteroatoms. The number of piperidine rings is 1. The minimum Gasteiger partial charge on any atom is -0.439 e. The molecular formula is C18H20N2O2. The molecule has 2 aromatic rings. The summed E-state index contributed by atoms with van der Waals surface area (Å²) in [4.78, 5) is 18.6. The quantitative estimate of drug-likeness (QED) is 0.866. The zero-order valence-electron chi connectivity index (χ0n) is 12.7. The Labute approximate surface area is 130 Å². The van der Waals surface area contributed by atoms with Crippen LogP contribution in [0.25, 0.3) is 0 Å². The second-order valence-corrected chi connectivity index (χ2v) is 5.77. The molecule has 2 heterocycles. The predicted molar refractivity (Wildman–Crippen MR) is 85.1 cm³/mol. The Morgan fingerprint density at radius 2 is 1.86 bits per heavy atom. The van der Waals surface area contributed by atoms with Gasteiger partial charge in [-0.05, 0) is 37.0 Å². The van der Waals surface area contributed by atoms with Gasteiger partial charge in [0.2, 0.25) is 5.88 Å². The summed E-state index contributed by atoms with van der Waals surface area (Å²) in [6, 6.07) is 13.0. The maximum atomic E-state index is 12.4. The zero-order chi connectivity index (χ0) is 15.4. The van der Waals surface area contributed by atoms with Crippen LogP contribution in [-0.4, -0.2) is 28.9 Å². The standard InChI is InChI=1S/C18H20N2O2/c1-14-9-11-20(12-10-14)18(21)15-7-8-17(19-13-15)22-16-5-3-2-4-6-16/h2-8,13-14H,9-12H2,1H3. The molecule has 3 rings (SSSR count). The largest absolute Gasteiger partial charge is 0.439 e. The van der Waals surface area contributed by atoms with E-state index in [9.17, 15) is 4.79 Å². The predicted octanol–water partition coefficient (Wildman–Crippen LogP) is 3.75. The minimum absolute atomic E-state index is 0.0608. The Kier molecular flexibility index (Phi) is 4.37. The molecule has 1 fully saturated rings. The van der Waals surface area contributed by atoms with Crippen molar-refractivity contribution in [1.82, 2.24) is 9.88 Å². The van der Waals surface area contributed by atoms with Gasteiger partial charge in [0.25, 0.3) is 5.91 Å². The molecule has 0 N–H and O–H groups in total. The number of hydrogen-bond donors (Lipinski definition) is 0. The van der Waals surface area contributed by atoms with Crippen LogP contribution in [0.4, 0.5) is 0 Å². The Morgan fingerprint density at radius 1 is 1.14 bits per heavy atom. The van der Waals surface area contributed by atoms with E-state index < -0.39 is 0 Å². The molecule has 0 unspecified atom stereocenters. The average Bonchev–Trinajstić information content (AvgIpc) is 2.57. The van der Waals surface area contributed by atoms with Crippen LogP contribution >= 0.6 is 0 Å². The third kappa shape index (κ3) is 3.45. The molecule has 0 radical (unpaired) electrons. The van der Waals surface area contributed by atoms with E-state index in [0.717, 1.165) is 31.7 Å². The number of pyridine rings is 1. The number of para-hydroxylation sites is 1. The number of hydrogen-bond acceptors (Lipinski definition) is 3. The fourth-order valence-corrected chi connectivity index (χ4v) is 2.57. The number of benzene rings is 1. The van der Waals surface area contributed by atoms with Crippen molar-refractivity contribution >= 4 is 5.91 Å². The lowest BCUT2D eigenvalue weighted by Crippen LogP contribution is -2.37.